The highest BCUT2D eigenvalue weighted by molar-refractivity contribution is 5.95. The summed E-state index contributed by atoms with van der Waals surface area (Å²) in [6, 6.07) is 7.79. The van der Waals surface area contributed by atoms with Crippen LogP contribution in [-0.2, 0) is 14.3 Å². The summed E-state index contributed by atoms with van der Waals surface area (Å²) in [6.07, 6.45) is 1.90. The third kappa shape index (κ3) is 4.22. The van der Waals surface area contributed by atoms with E-state index >= 15 is 0 Å². The highest BCUT2D eigenvalue weighted by Crippen LogP contribution is 2.30. The summed E-state index contributed by atoms with van der Waals surface area (Å²) in [7, 11) is 1.68. The van der Waals surface area contributed by atoms with Crippen LogP contribution >= 0.6 is 0 Å². The van der Waals surface area contributed by atoms with E-state index in [4.69, 9.17) is 4.74 Å². The molecule has 2 amide bonds. The predicted octanol–water partition coefficient (Wildman–Crippen LogP) is 1.33. The Hall–Kier alpha value is -2.08. The molecule has 3 rings (SSSR count). The largest absolute Gasteiger partial charge is 0.378 e. The summed E-state index contributed by atoms with van der Waals surface area (Å²) < 4.78 is 5.34. The maximum absolute atomic E-state index is 12.0. The number of hydrogen-bond donors (Lipinski definition) is 1. The second-order valence-electron chi connectivity index (χ2n) is 6.16. The number of ether oxygens (including phenoxy) is 1. The molecule has 2 aliphatic rings. The Morgan fingerprint density at radius 3 is 2.48 bits per heavy atom. The number of morpholine rings is 1. The monoisotopic (exact) mass is 317 g/mol. The number of likely N-dealkylation sites (N-methyl/N-ethyl adjacent to an activating group) is 1. The van der Waals surface area contributed by atoms with Crippen LogP contribution in [0.5, 0.6) is 0 Å². The zero-order valence-corrected chi connectivity index (χ0v) is 13.5. The summed E-state index contributed by atoms with van der Waals surface area (Å²) in [5, 5.41) is 2.84. The van der Waals surface area contributed by atoms with Crippen molar-refractivity contribution in [3.8, 4) is 0 Å². The zero-order valence-electron chi connectivity index (χ0n) is 13.5. The van der Waals surface area contributed by atoms with Crippen molar-refractivity contribution < 1.29 is 14.3 Å². The molecule has 124 valence electrons. The molecule has 6 nitrogen and oxygen atoms in total. The molecule has 1 aromatic carbocycles. The summed E-state index contributed by atoms with van der Waals surface area (Å²) in [6.45, 7) is 3.37. The zero-order chi connectivity index (χ0) is 16.2. The number of carbonyl (C=O) groups excluding carboxylic acids is 2. The quantitative estimate of drug-likeness (QED) is 0.890. The molecule has 6 heteroatoms. The van der Waals surface area contributed by atoms with E-state index in [9.17, 15) is 9.59 Å². The van der Waals surface area contributed by atoms with Crippen molar-refractivity contribution in [3.05, 3.63) is 24.3 Å². The number of hydrogen-bond acceptors (Lipinski definition) is 4. The predicted molar refractivity (Wildman–Crippen MR) is 88.5 cm³/mol. The lowest BCUT2D eigenvalue weighted by Crippen LogP contribution is -2.36. The van der Waals surface area contributed by atoms with Gasteiger partial charge in [0.1, 0.15) is 0 Å². The van der Waals surface area contributed by atoms with Crippen molar-refractivity contribution in [2.24, 2.45) is 5.92 Å². The number of nitrogens with one attached hydrogen (secondary N) is 1. The maximum atomic E-state index is 12.0. The van der Waals surface area contributed by atoms with E-state index in [1.165, 1.54) is 4.90 Å². The molecule has 1 saturated heterocycles. The molecule has 2 fully saturated rings. The van der Waals surface area contributed by atoms with Gasteiger partial charge in [0.2, 0.25) is 11.8 Å². The first kappa shape index (κ1) is 15.8. The maximum Gasteiger partial charge on any atom is 0.243 e. The van der Waals surface area contributed by atoms with Crippen molar-refractivity contribution in [2.45, 2.75) is 12.8 Å². The fraction of sp³-hybridized carbons (Fsp3) is 0.529. The average Bonchev–Trinajstić information content (AvgIpc) is 3.40. The Kier molecular flexibility index (Phi) is 4.81. The van der Waals surface area contributed by atoms with Gasteiger partial charge in [-0.15, -0.1) is 0 Å². The van der Waals surface area contributed by atoms with Crippen LogP contribution in [0.15, 0.2) is 24.3 Å². The first-order valence-corrected chi connectivity index (χ1v) is 8.11. The molecule has 1 heterocycles. The molecule has 1 aliphatic carbocycles. The normalized spacial score (nSPS) is 17.7. The van der Waals surface area contributed by atoms with Crippen molar-refractivity contribution in [2.75, 3.05) is 50.1 Å². The standard InChI is InChI=1S/C17H23N3O3/c1-19(17(22)13-2-3-13)12-16(21)18-14-4-6-15(7-5-14)20-8-10-23-11-9-20/h4-7,13H,2-3,8-12H2,1H3,(H,18,21). The molecule has 0 aromatic heterocycles. The second-order valence-corrected chi connectivity index (χ2v) is 6.16. The molecule has 0 unspecified atom stereocenters. The Morgan fingerprint density at radius 2 is 1.87 bits per heavy atom. The molecule has 1 saturated carbocycles. The van der Waals surface area contributed by atoms with Gasteiger partial charge in [0.25, 0.3) is 0 Å². The van der Waals surface area contributed by atoms with E-state index in [2.05, 4.69) is 10.2 Å². The van der Waals surface area contributed by atoms with Gasteiger partial charge in [-0.1, -0.05) is 0 Å². The van der Waals surface area contributed by atoms with Crippen LogP contribution in [0.2, 0.25) is 0 Å². The Morgan fingerprint density at radius 1 is 1.22 bits per heavy atom. The Bertz CT molecular complexity index is 563. The molecule has 1 aromatic rings. The molecular formula is C17H23N3O3. The lowest BCUT2D eigenvalue weighted by atomic mass is 10.2. The highest BCUT2D eigenvalue weighted by Gasteiger charge is 2.32. The van der Waals surface area contributed by atoms with E-state index < -0.39 is 0 Å². The van der Waals surface area contributed by atoms with Crippen molar-refractivity contribution in [1.29, 1.82) is 0 Å². The Balaban J connectivity index is 1.50. The van der Waals surface area contributed by atoms with Gasteiger partial charge in [-0.25, -0.2) is 0 Å². The van der Waals surface area contributed by atoms with Gasteiger partial charge in [0.05, 0.1) is 19.8 Å². The summed E-state index contributed by atoms with van der Waals surface area (Å²) in [5.74, 6) is 0.0454. The number of anilines is 2. The van der Waals surface area contributed by atoms with E-state index in [-0.39, 0.29) is 24.3 Å². The summed E-state index contributed by atoms with van der Waals surface area (Å²) in [5.41, 5.74) is 1.88. The molecule has 0 atom stereocenters. The summed E-state index contributed by atoms with van der Waals surface area (Å²) >= 11 is 0. The average molecular weight is 317 g/mol. The SMILES string of the molecule is CN(CC(=O)Nc1ccc(N2CCOCC2)cc1)C(=O)C1CC1. The minimum Gasteiger partial charge on any atom is -0.378 e. The molecular weight excluding hydrogens is 294 g/mol. The molecule has 0 spiro atoms. The van der Waals surface area contributed by atoms with Gasteiger partial charge in [-0.05, 0) is 37.1 Å². The van der Waals surface area contributed by atoms with Crippen LogP contribution in [0.1, 0.15) is 12.8 Å². The van der Waals surface area contributed by atoms with Crippen LogP contribution in [-0.4, -0.2) is 56.6 Å². The van der Waals surface area contributed by atoms with Gasteiger partial charge in [0, 0.05) is 37.4 Å². The lowest BCUT2D eigenvalue weighted by molar-refractivity contribution is -0.134. The number of carbonyl (C=O) groups is 2. The minimum absolute atomic E-state index is 0.0721. The third-order valence-corrected chi connectivity index (χ3v) is 4.21. The van der Waals surface area contributed by atoms with Gasteiger partial charge < -0.3 is 19.9 Å². The fourth-order valence-electron chi connectivity index (χ4n) is 2.71. The van der Waals surface area contributed by atoms with Gasteiger partial charge in [0.15, 0.2) is 0 Å². The minimum atomic E-state index is -0.166. The first-order chi connectivity index (χ1) is 11.1. The van der Waals surface area contributed by atoms with E-state index in [1.54, 1.807) is 7.05 Å². The number of nitrogens with zero attached hydrogens (tertiary/aromatic N) is 2. The second kappa shape index (κ2) is 7.00. The van der Waals surface area contributed by atoms with E-state index in [1.807, 2.05) is 24.3 Å². The topological polar surface area (TPSA) is 61.9 Å². The lowest BCUT2D eigenvalue weighted by Gasteiger charge is -2.28. The fourth-order valence-corrected chi connectivity index (χ4v) is 2.71. The number of rotatable bonds is 5. The highest BCUT2D eigenvalue weighted by atomic mass is 16.5. The van der Waals surface area contributed by atoms with Gasteiger partial charge >= 0.3 is 0 Å². The van der Waals surface area contributed by atoms with Crippen LogP contribution in [0, 0.1) is 5.92 Å². The molecule has 1 N–H and O–H groups in total. The van der Waals surface area contributed by atoms with Crippen LogP contribution in [0.4, 0.5) is 11.4 Å². The summed E-state index contributed by atoms with van der Waals surface area (Å²) in [4.78, 5) is 27.6. The molecule has 1 aliphatic heterocycles. The molecule has 23 heavy (non-hydrogen) atoms. The smallest absolute Gasteiger partial charge is 0.243 e. The van der Waals surface area contributed by atoms with Crippen LogP contribution in [0.25, 0.3) is 0 Å². The molecule has 0 bridgehead atoms. The van der Waals surface area contributed by atoms with Gasteiger partial charge in [-0.2, -0.15) is 0 Å². The third-order valence-electron chi connectivity index (χ3n) is 4.21. The van der Waals surface area contributed by atoms with Crippen LogP contribution in [0.3, 0.4) is 0 Å². The number of benzene rings is 1. The molecule has 0 radical (unpaired) electrons. The van der Waals surface area contributed by atoms with E-state index in [0.717, 1.165) is 50.5 Å². The first-order valence-electron chi connectivity index (χ1n) is 8.11. The van der Waals surface area contributed by atoms with Crippen molar-refractivity contribution in [1.82, 2.24) is 4.90 Å². The number of amides is 2. The Labute approximate surface area is 136 Å². The van der Waals surface area contributed by atoms with E-state index in [0.29, 0.717) is 0 Å². The van der Waals surface area contributed by atoms with Gasteiger partial charge in [-0.3, -0.25) is 9.59 Å². The van der Waals surface area contributed by atoms with Crippen LogP contribution < -0.4 is 10.2 Å². The van der Waals surface area contributed by atoms with Crippen molar-refractivity contribution >= 4 is 23.2 Å². The van der Waals surface area contributed by atoms with Crippen molar-refractivity contribution in [3.63, 3.8) is 0 Å².